The molecule has 0 aliphatic heterocycles. The van der Waals surface area contributed by atoms with Gasteiger partial charge in [-0.3, -0.25) is 0 Å². The lowest BCUT2D eigenvalue weighted by Crippen LogP contribution is -2.11. The maximum Gasteiger partial charge on any atom is 0.451 e. The van der Waals surface area contributed by atoms with Gasteiger partial charge in [-0.25, -0.2) is 29.0 Å². The van der Waals surface area contributed by atoms with Gasteiger partial charge >= 0.3 is 6.18 Å². The lowest BCUT2D eigenvalue weighted by Gasteiger charge is -2.13. The monoisotopic (exact) mass is 494 g/mol. The number of nitriles is 1. The van der Waals surface area contributed by atoms with Crippen LogP contribution in [0.25, 0.3) is 27.8 Å². The molecule has 2 N–H and O–H groups in total. The molecule has 36 heavy (non-hydrogen) atoms. The summed E-state index contributed by atoms with van der Waals surface area (Å²) in [5, 5.41) is 18.4. The summed E-state index contributed by atoms with van der Waals surface area (Å²) in [4.78, 5) is 15.0. The van der Waals surface area contributed by atoms with Crippen LogP contribution < -0.4 is 5.73 Å². The van der Waals surface area contributed by atoms with E-state index >= 15 is 0 Å². The van der Waals surface area contributed by atoms with Gasteiger partial charge in [-0.1, -0.05) is 17.3 Å². The van der Waals surface area contributed by atoms with E-state index in [0.29, 0.717) is 5.69 Å². The van der Waals surface area contributed by atoms with E-state index in [1.54, 1.807) is 19.1 Å². The molecular formula is C22H14F4N10. The molecule has 0 unspecified atom stereocenters. The Morgan fingerprint density at radius 2 is 1.81 bits per heavy atom. The zero-order chi connectivity index (χ0) is 25.6. The second kappa shape index (κ2) is 8.38. The van der Waals surface area contributed by atoms with Gasteiger partial charge in [0, 0.05) is 23.5 Å². The van der Waals surface area contributed by atoms with Crippen molar-refractivity contribution in [3.05, 3.63) is 72.2 Å². The number of rotatable bonds is 4. The van der Waals surface area contributed by atoms with Crippen LogP contribution in [0.4, 0.5) is 23.4 Å². The zero-order valence-corrected chi connectivity index (χ0v) is 18.3. The summed E-state index contributed by atoms with van der Waals surface area (Å²) in [6.45, 7) is 1.71. The van der Waals surface area contributed by atoms with Crippen LogP contribution in [0.3, 0.4) is 0 Å². The predicted molar refractivity (Wildman–Crippen MR) is 118 cm³/mol. The number of para-hydroxylation sites is 1. The Kier molecular flexibility index (Phi) is 5.32. The molecule has 0 aliphatic rings. The molecule has 180 valence electrons. The van der Waals surface area contributed by atoms with Gasteiger partial charge in [0.15, 0.2) is 0 Å². The minimum Gasteiger partial charge on any atom is -0.383 e. The van der Waals surface area contributed by atoms with E-state index in [1.165, 1.54) is 33.9 Å². The van der Waals surface area contributed by atoms with E-state index in [1.807, 2.05) is 0 Å². The molecule has 0 spiro atoms. The van der Waals surface area contributed by atoms with E-state index in [-0.39, 0.29) is 39.4 Å². The van der Waals surface area contributed by atoms with Crippen LogP contribution in [0.2, 0.25) is 0 Å². The molecule has 14 heteroatoms. The summed E-state index contributed by atoms with van der Waals surface area (Å²) in [5.41, 5.74) is 7.19. The smallest absolute Gasteiger partial charge is 0.383 e. The van der Waals surface area contributed by atoms with E-state index in [0.717, 1.165) is 12.4 Å². The third-order valence-electron chi connectivity index (χ3n) is 5.54. The third kappa shape index (κ3) is 3.66. The Hall–Kier alpha value is -4.93. The van der Waals surface area contributed by atoms with Gasteiger partial charge in [-0.05, 0) is 19.1 Å². The fourth-order valence-corrected chi connectivity index (χ4v) is 3.88. The molecule has 0 bridgehead atoms. The fraction of sp³-hybridized carbons (Fsp3) is 0.136. The first kappa shape index (κ1) is 22.8. The number of nitrogens with zero attached hydrogens (tertiary/aromatic N) is 9. The maximum atomic E-state index is 14.2. The van der Waals surface area contributed by atoms with Crippen molar-refractivity contribution in [3.8, 4) is 22.9 Å². The minimum absolute atomic E-state index is 0.00681. The first-order valence-electron chi connectivity index (χ1n) is 10.3. The summed E-state index contributed by atoms with van der Waals surface area (Å²) < 4.78 is 55.9. The number of fused-ring (bicyclic) bond motifs is 1. The molecule has 0 radical (unpaired) electrons. The number of anilines is 1. The molecule has 4 heterocycles. The standard InChI is InChI=1S/C22H14F4N10/c1-11(14-9-35(34-33-14)15-5-3-2-4-13(15)23)36-16(6-27)17(18-19(28)31-10-32-20(18)36)12-7-29-21(30-8-12)22(24,25)26/h2-5,7-11H,1H3,(H2,28,31,32)/t11-/m0/s1. The summed E-state index contributed by atoms with van der Waals surface area (Å²) in [5.74, 6) is -1.82. The van der Waals surface area contributed by atoms with E-state index in [9.17, 15) is 22.8 Å². The molecular weight excluding hydrogens is 480 g/mol. The molecule has 0 amide bonds. The van der Waals surface area contributed by atoms with Crippen LogP contribution >= 0.6 is 0 Å². The Morgan fingerprint density at radius 1 is 1.08 bits per heavy atom. The van der Waals surface area contributed by atoms with Gasteiger partial charge in [-0.15, -0.1) is 5.10 Å². The van der Waals surface area contributed by atoms with E-state index in [2.05, 4.69) is 36.3 Å². The number of hydrogen-bond acceptors (Lipinski definition) is 8. The van der Waals surface area contributed by atoms with Crippen molar-refractivity contribution in [2.75, 3.05) is 5.73 Å². The second-order valence-corrected chi connectivity index (χ2v) is 7.67. The van der Waals surface area contributed by atoms with Crippen molar-refractivity contribution in [2.45, 2.75) is 19.1 Å². The summed E-state index contributed by atoms with van der Waals surface area (Å²) in [6.07, 6.45) is -0.110. The van der Waals surface area contributed by atoms with E-state index in [4.69, 9.17) is 5.73 Å². The van der Waals surface area contributed by atoms with Gasteiger partial charge in [0.1, 0.15) is 46.8 Å². The number of alkyl halides is 3. The Labute approximate surface area is 199 Å². The highest BCUT2D eigenvalue weighted by Crippen LogP contribution is 2.39. The average Bonchev–Trinajstić information content (AvgIpc) is 3.47. The molecule has 10 nitrogen and oxygen atoms in total. The van der Waals surface area contributed by atoms with Crippen LogP contribution in [0.15, 0.2) is 49.2 Å². The minimum atomic E-state index is -4.73. The van der Waals surface area contributed by atoms with Crippen molar-refractivity contribution in [3.63, 3.8) is 0 Å². The second-order valence-electron chi connectivity index (χ2n) is 7.67. The van der Waals surface area contributed by atoms with Crippen LogP contribution in [-0.2, 0) is 6.18 Å². The average molecular weight is 494 g/mol. The molecule has 0 saturated carbocycles. The Morgan fingerprint density at radius 3 is 2.47 bits per heavy atom. The number of aromatic nitrogens is 8. The van der Waals surface area contributed by atoms with Gasteiger partial charge in [-0.2, -0.15) is 18.4 Å². The first-order valence-corrected chi connectivity index (χ1v) is 10.3. The molecule has 0 saturated heterocycles. The van der Waals surface area contributed by atoms with Crippen molar-refractivity contribution >= 4 is 16.9 Å². The van der Waals surface area contributed by atoms with Crippen LogP contribution in [-0.4, -0.2) is 39.5 Å². The highest BCUT2D eigenvalue weighted by molar-refractivity contribution is 6.03. The maximum absolute atomic E-state index is 14.2. The number of hydrogen-bond donors (Lipinski definition) is 1. The largest absolute Gasteiger partial charge is 0.451 e. The van der Waals surface area contributed by atoms with Crippen LogP contribution in [0, 0.1) is 17.1 Å². The molecule has 1 atom stereocenters. The summed E-state index contributed by atoms with van der Waals surface area (Å²) in [6, 6.07) is 7.41. The molecule has 1 aromatic carbocycles. The highest BCUT2D eigenvalue weighted by atomic mass is 19.4. The van der Waals surface area contributed by atoms with Gasteiger partial charge in [0.2, 0.25) is 5.82 Å². The van der Waals surface area contributed by atoms with Crippen molar-refractivity contribution in [1.29, 1.82) is 5.26 Å². The van der Waals surface area contributed by atoms with Crippen molar-refractivity contribution in [1.82, 2.24) is 39.5 Å². The zero-order valence-electron chi connectivity index (χ0n) is 18.3. The number of benzene rings is 1. The quantitative estimate of drug-likeness (QED) is 0.374. The SMILES string of the molecule is C[C@@H](c1cn(-c2ccccc2F)nn1)n1c(C#N)c(-c2cnc(C(F)(F)F)nc2)c2c(N)ncnc21. The van der Waals surface area contributed by atoms with Crippen molar-refractivity contribution < 1.29 is 17.6 Å². The predicted octanol–water partition coefficient (Wildman–Crippen LogP) is 3.69. The lowest BCUT2D eigenvalue weighted by atomic mass is 10.1. The molecule has 0 fully saturated rings. The fourth-order valence-electron chi connectivity index (χ4n) is 3.88. The third-order valence-corrected chi connectivity index (χ3v) is 5.54. The number of nitrogen functional groups attached to an aromatic ring is 1. The summed E-state index contributed by atoms with van der Waals surface area (Å²) in [7, 11) is 0. The van der Waals surface area contributed by atoms with Gasteiger partial charge in [0.05, 0.1) is 17.6 Å². The first-order chi connectivity index (χ1) is 17.2. The number of halogens is 4. The number of nitrogens with two attached hydrogens (primary N) is 1. The molecule has 0 aliphatic carbocycles. The topological polar surface area (TPSA) is 137 Å². The normalized spacial score (nSPS) is 12.6. The van der Waals surface area contributed by atoms with Gasteiger partial charge < -0.3 is 10.3 Å². The van der Waals surface area contributed by atoms with Crippen LogP contribution in [0.5, 0.6) is 0 Å². The molecule has 5 rings (SSSR count). The van der Waals surface area contributed by atoms with Crippen molar-refractivity contribution in [2.24, 2.45) is 0 Å². The van der Waals surface area contributed by atoms with Crippen LogP contribution in [0.1, 0.15) is 30.2 Å². The van der Waals surface area contributed by atoms with Gasteiger partial charge in [0.25, 0.3) is 0 Å². The highest BCUT2D eigenvalue weighted by Gasteiger charge is 2.35. The Balaban J connectivity index is 1.68. The summed E-state index contributed by atoms with van der Waals surface area (Å²) >= 11 is 0. The lowest BCUT2D eigenvalue weighted by molar-refractivity contribution is -0.144. The molecule has 4 aromatic heterocycles. The van der Waals surface area contributed by atoms with E-state index < -0.39 is 23.9 Å². The Bertz CT molecular complexity index is 1630. The molecule has 5 aromatic rings.